The molecule has 0 atom stereocenters. The van der Waals surface area contributed by atoms with Crippen LogP contribution in [0.2, 0.25) is 0 Å². The third-order valence-electron chi connectivity index (χ3n) is 4.71. The fourth-order valence-corrected chi connectivity index (χ4v) is 3.29. The molecular formula is C17H23N3O2. The molecule has 0 spiro atoms. The van der Waals surface area contributed by atoms with E-state index in [2.05, 4.69) is 4.98 Å². The van der Waals surface area contributed by atoms with E-state index in [0.29, 0.717) is 12.0 Å². The van der Waals surface area contributed by atoms with Crippen LogP contribution in [0, 0.1) is 5.92 Å². The minimum atomic E-state index is -0.0479. The zero-order valence-electron chi connectivity index (χ0n) is 13.0. The van der Waals surface area contributed by atoms with E-state index in [4.69, 9.17) is 10.5 Å². The highest BCUT2D eigenvalue weighted by Crippen LogP contribution is 2.26. The maximum atomic E-state index is 12.2. The van der Waals surface area contributed by atoms with Gasteiger partial charge < -0.3 is 15.0 Å². The maximum Gasteiger partial charge on any atom is 0.269 e. The quantitative estimate of drug-likeness (QED) is 0.941. The van der Waals surface area contributed by atoms with Gasteiger partial charge in [-0.2, -0.15) is 0 Å². The van der Waals surface area contributed by atoms with Crippen molar-refractivity contribution in [1.82, 2.24) is 9.55 Å². The second kappa shape index (κ2) is 6.48. The summed E-state index contributed by atoms with van der Waals surface area (Å²) in [7, 11) is 1.63. The summed E-state index contributed by atoms with van der Waals surface area (Å²) in [5, 5.41) is 0. The molecule has 2 aromatic rings. The number of nitrogens with zero attached hydrogens (tertiary/aromatic N) is 2. The van der Waals surface area contributed by atoms with Gasteiger partial charge in [0, 0.05) is 18.7 Å². The SMILES string of the molecule is COc1ccc2ncc(=O)n(CCC3CCC(N)CC3)c2c1. The van der Waals surface area contributed by atoms with Crippen molar-refractivity contribution in [2.24, 2.45) is 11.7 Å². The molecule has 0 amide bonds. The van der Waals surface area contributed by atoms with Crippen molar-refractivity contribution in [2.45, 2.75) is 44.7 Å². The summed E-state index contributed by atoms with van der Waals surface area (Å²) >= 11 is 0. The van der Waals surface area contributed by atoms with Gasteiger partial charge in [0.1, 0.15) is 5.75 Å². The van der Waals surface area contributed by atoms with Crippen molar-refractivity contribution in [3.8, 4) is 5.75 Å². The molecule has 1 aromatic heterocycles. The number of hydrogen-bond acceptors (Lipinski definition) is 4. The number of benzene rings is 1. The second-order valence-electron chi connectivity index (χ2n) is 6.17. The highest BCUT2D eigenvalue weighted by molar-refractivity contribution is 5.76. The normalized spacial score (nSPS) is 21.9. The lowest BCUT2D eigenvalue weighted by molar-refractivity contribution is 0.299. The fraction of sp³-hybridized carbons (Fsp3) is 0.529. The van der Waals surface area contributed by atoms with Gasteiger partial charge in [0.2, 0.25) is 0 Å². The lowest BCUT2D eigenvalue weighted by Crippen LogP contribution is -2.28. The predicted octanol–water partition coefficient (Wildman–Crippen LogP) is 2.31. The van der Waals surface area contributed by atoms with Crippen LogP contribution in [-0.2, 0) is 6.54 Å². The summed E-state index contributed by atoms with van der Waals surface area (Å²) in [5.74, 6) is 1.41. The van der Waals surface area contributed by atoms with E-state index in [1.807, 2.05) is 22.8 Å². The largest absolute Gasteiger partial charge is 0.497 e. The van der Waals surface area contributed by atoms with Crippen LogP contribution in [0.3, 0.4) is 0 Å². The Morgan fingerprint density at radius 3 is 2.82 bits per heavy atom. The Morgan fingerprint density at radius 2 is 2.09 bits per heavy atom. The Kier molecular flexibility index (Phi) is 4.43. The monoisotopic (exact) mass is 301 g/mol. The van der Waals surface area contributed by atoms with Crippen molar-refractivity contribution >= 4 is 11.0 Å². The molecule has 0 bridgehead atoms. The summed E-state index contributed by atoms with van der Waals surface area (Å²) in [4.78, 5) is 16.4. The van der Waals surface area contributed by atoms with Crippen LogP contribution in [0.15, 0.2) is 29.2 Å². The third-order valence-corrected chi connectivity index (χ3v) is 4.71. The Morgan fingerprint density at radius 1 is 1.32 bits per heavy atom. The van der Waals surface area contributed by atoms with E-state index in [1.54, 1.807) is 7.11 Å². The number of methoxy groups -OCH3 is 1. The number of aromatic nitrogens is 2. The van der Waals surface area contributed by atoms with Gasteiger partial charge in [-0.1, -0.05) is 0 Å². The Labute approximate surface area is 130 Å². The van der Waals surface area contributed by atoms with Gasteiger partial charge in [-0.05, 0) is 50.2 Å². The lowest BCUT2D eigenvalue weighted by atomic mass is 9.84. The zero-order valence-corrected chi connectivity index (χ0v) is 13.0. The molecule has 1 aliphatic carbocycles. The van der Waals surface area contributed by atoms with Gasteiger partial charge in [0.05, 0.1) is 24.3 Å². The number of ether oxygens (including phenoxy) is 1. The van der Waals surface area contributed by atoms with Crippen LogP contribution >= 0.6 is 0 Å². The molecule has 3 rings (SSSR count). The van der Waals surface area contributed by atoms with Crippen molar-refractivity contribution in [2.75, 3.05) is 7.11 Å². The van der Waals surface area contributed by atoms with Gasteiger partial charge in [-0.3, -0.25) is 4.79 Å². The number of hydrogen-bond donors (Lipinski definition) is 1. The third kappa shape index (κ3) is 3.14. The van der Waals surface area contributed by atoms with Gasteiger partial charge in [-0.25, -0.2) is 4.98 Å². The molecule has 1 saturated carbocycles. The van der Waals surface area contributed by atoms with Gasteiger partial charge in [0.25, 0.3) is 5.56 Å². The van der Waals surface area contributed by atoms with Crippen LogP contribution < -0.4 is 16.0 Å². The number of rotatable bonds is 4. The molecule has 0 unspecified atom stereocenters. The number of aryl methyl sites for hydroxylation is 1. The van der Waals surface area contributed by atoms with Crippen molar-refractivity contribution in [3.05, 3.63) is 34.7 Å². The fourth-order valence-electron chi connectivity index (χ4n) is 3.29. The Balaban J connectivity index is 1.83. The topological polar surface area (TPSA) is 70.1 Å². The molecule has 2 N–H and O–H groups in total. The molecule has 118 valence electrons. The summed E-state index contributed by atoms with van der Waals surface area (Å²) in [6.45, 7) is 0.727. The zero-order chi connectivity index (χ0) is 15.5. The van der Waals surface area contributed by atoms with Crippen LogP contribution in [0.1, 0.15) is 32.1 Å². The van der Waals surface area contributed by atoms with E-state index in [0.717, 1.165) is 42.6 Å². The van der Waals surface area contributed by atoms with E-state index in [9.17, 15) is 4.79 Å². The second-order valence-corrected chi connectivity index (χ2v) is 6.17. The predicted molar refractivity (Wildman–Crippen MR) is 87.1 cm³/mol. The van der Waals surface area contributed by atoms with E-state index >= 15 is 0 Å². The Bertz CT molecular complexity index is 703. The highest BCUT2D eigenvalue weighted by Gasteiger charge is 2.18. The minimum Gasteiger partial charge on any atom is -0.497 e. The van der Waals surface area contributed by atoms with Crippen molar-refractivity contribution in [3.63, 3.8) is 0 Å². The molecule has 1 aliphatic rings. The first-order valence-corrected chi connectivity index (χ1v) is 7.96. The molecule has 0 aliphatic heterocycles. The van der Waals surface area contributed by atoms with Gasteiger partial charge in [-0.15, -0.1) is 0 Å². The Hall–Kier alpha value is -1.88. The summed E-state index contributed by atoms with van der Waals surface area (Å²) in [5.41, 5.74) is 7.58. The molecule has 5 nitrogen and oxygen atoms in total. The minimum absolute atomic E-state index is 0.0479. The van der Waals surface area contributed by atoms with Crippen LogP contribution in [0.4, 0.5) is 0 Å². The van der Waals surface area contributed by atoms with E-state index in [-0.39, 0.29) is 5.56 Å². The standard InChI is InChI=1S/C17H23N3O2/c1-22-14-6-7-15-16(10-14)20(17(21)11-19-15)9-8-12-2-4-13(18)5-3-12/h6-7,10-13H,2-5,8-9,18H2,1H3. The number of nitrogens with two attached hydrogens (primary N) is 1. The highest BCUT2D eigenvalue weighted by atomic mass is 16.5. The van der Waals surface area contributed by atoms with Crippen LogP contribution in [-0.4, -0.2) is 22.7 Å². The first-order valence-electron chi connectivity index (χ1n) is 7.96. The van der Waals surface area contributed by atoms with Gasteiger partial charge in [0.15, 0.2) is 0 Å². The van der Waals surface area contributed by atoms with Crippen molar-refractivity contribution in [1.29, 1.82) is 0 Å². The smallest absolute Gasteiger partial charge is 0.269 e. The molecular weight excluding hydrogens is 278 g/mol. The molecule has 22 heavy (non-hydrogen) atoms. The molecule has 0 radical (unpaired) electrons. The van der Waals surface area contributed by atoms with Gasteiger partial charge >= 0.3 is 0 Å². The molecule has 1 fully saturated rings. The summed E-state index contributed by atoms with van der Waals surface area (Å²) in [6.07, 6.45) is 6.97. The summed E-state index contributed by atoms with van der Waals surface area (Å²) in [6, 6.07) is 6.02. The molecule has 0 saturated heterocycles. The average Bonchev–Trinajstić information content (AvgIpc) is 2.55. The molecule has 1 aromatic carbocycles. The van der Waals surface area contributed by atoms with E-state index < -0.39 is 0 Å². The van der Waals surface area contributed by atoms with Crippen LogP contribution in [0.25, 0.3) is 11.0 Å². The average molecular weight is 301 g/mol. The maximum absolute atomic E-state index is 12.2. The first kappa shape index (κ1) is 15.0. The van der Waals surface area contributed by atoms with Crippen molar-refractivity contribution < 1.29 is 4.74 Å². The molecule has 1 heterocycles. The van der Waals surface area contributed by atoms with E-state index in [1.165, 1.54) is 19.0 Å². The summed E-state index contributed by atoms with van der Waals surface area (Å²) < 4.78 is 7.09. The first-order chi connectivity index (χ1) is 10.7. The number of fused-ring (bicyclic) bond motifs is 1. The lowest BCUT2D eigenvalue weighted by Gasteiger charge is -2.26. The van der Waals surface area contributed by atoms with Crippen LogP contribution in [0.5, 0.6) is 5.75 Å². The molecule has 5 heteroatoms.